The predicted octanol–water partition coefficient (Wildman–Crippen LogP) is 2.04. The van der Waals surface area contributed by atoms with Gasteiger partial charge in [0.25, 0.3) is 6.47 Å². The van der Waals surface area contributed by atoms with Crippen molar-refractivity contribution in [2.24, 2.45) is 11.8 Å². The van der Waals surface area contributed by atoms with Crippen molar-refractivity contribution >= 4 is 12.4 Å². The minimum absolute atomic E-state index is 0.0114. The highest BCUT2D eigenvalue weighted by Crippen LogP contribution is 2.55. The molecule has 3 aliphatic heterocycles. The van der Waals surface area contributed by atoms with Crippen LogP contribution in [0.2, 0.25) is 0 Å². The first-order valence-corrected chi connectivity index (χ1v) is 11.0. The lowest BCUT2D eigenvalue weighted by atomic mass is 9.73. The summed E-state index contributed by atoms with van der Waals surface area (Å²) in [6.45, 7) is 5.49. The van der Waals surface area contributed by atoms with Crippen LogP contribution in [-0.4, -0.2) is 73.0 Å². The van der Waals surface area contributed by atoms with E-state index in [1.54, 1.807) is 0 Å². The molecule has 3 heterocycles. The van der Waals surface area contributed by atoms with E-state index in [1.807, 2.05) is 6.92 Å². The highest BCUT2D eigenvalue weighted by atomic mass is 16.5. The number of hydrogen-bond acceptors (Lipinski definition) is 5. The first-order chi connectivity index (χ1) is 13.6. The van der Waals surface area contributed by atoms with Crippen molar-refractivity contribution in [3.05, 3.63) is 0 Å². The number of ether oxygens (including phenoxy) is 2. The molecule has 1 aliphatic carbocycles. The molecule has 3 saturated heterocycles. The van der Waals surface area contributed by atoms with Gasteiger partial charge in [-0.05, 0) is 32.6 Å². The van der Waals surface area contributed by atoms with Crippen LogP contribution in [-0.2, 0) is 19.1 Å². The van der Waals surface area contributed by atoms with Gasteiger partial charge >= 0.3 is 0 Å². The van der Waals surface area contributed by atoms with E-state index in [0.29, 0.717) is 24.5 Å². The second-order valence-electron chi connectivity index (χ2n) is 8.65. The number of carbonyl (C=O) groups excluding carboxylic acids is 1. The molecule has 0 aromatic rings. The molecule has 7 nitrogen and oxygen atoms in total. The lowest BCUT2D eigenvalue weighted by molar-refractivity contribution is -0.126. The SMILES string of the molecule is CCOCC(=O)NC[C@H]1[C@H]2CN(C3CCCCCC3)C[C@]23CC[C@H]1O3.O=CO. The van der Waals surface area contributed by atoms with E-state index in [9.17, 15) is 4.79 Å². The molecule has 0 unspecified atom stereocenters. The second kappa shape index (κ2) is 10.0. The normalized spacial score (nSPS) is 35.0. The fraction of sp³-hybridized carbons (Fsp3) is 0.905. The number of likely N-dealkylation sites (tertiary alicyclic amines) is 1. The molecule has 4 aliphatic rings. The topological polar surface area (TPSA) is 88.1 Å². The van der Waals surface area contributed by atoms with E-state index in [1.165, 1.54) is 57.9 Å². The second-order valence-corrected chi connectivity index (χ2v) is 8.65. The van der Waals surface area contributed by atoms with E-state index in [4.69, 9.17) is 19.4 Å². The number of hydrogen-bond donors (Lipinski definition) is 2. The summed E-state index contributed by atoms with van der Waals surface area (Å²) in [4.78, 5) is 23.0. The maximum atomic E-state index is 11.9. The Bertz CT molecular complexity index is 523. The monoisotopic (exact) mass is 396 g/mol. The molecule has 2 bridgehead atoms. The molecule has 1 saturated carbocycles. The van der Waals surface area contributed by atoms with Crippen molar-refractivity contribution in [1.29, 1.82) is 0 Å². The zero-order valence-electron chi connectivity index (χ0n) is 17.1. The van der Waals surface area contributed by atoms with Crippen LogP contribution in [0.4, 0.5) is 0 Å². The molecule has 2 N–H and O–H groups in total. The van der Waals surface area contributed by atoms with Gasteiger partial charge in [0.15, 0.2) is 0 Å². The third-order valence-electron chi connectivity index (χ3n) is 7.12. The van der Waals surface area contributed by atoms with Crippen molar-refractivity contribution in [3.63, 3.8) is 0 Å². The van der Waals surface area contributed by atoms with Crippen LogP contribution in [0.25, 0.3) is 0 Å². The van der Waals surface area contributed by atoms with Crippen LogP contribution in [0.1, 0.15) is 58.3 Å². The number of carboxylic acid groups (broad SMARTS) is 1. The van der Waals surface area contributed by atoms with E-state index in [2.05, 4.69) is 10.2 Å². The van der Waals surface area contributed by atoms with Gasteiger partial charge in [0.2, 0.25) is 5.91 Å². The lowest BCUT2D eigenvalue weighted by Gasteiger charge is -2.29. The van der Waals surface area contributed by atoms with Gasteiger partial charge in [-0.25, -0.2) is 0 Å². The summed E-state index contributed by atoms with van der Waals surface area (Å²) in [5.41, 5.74) is 0.0896. The fourth-order valence-corrected chi connectivity index (χ4v) is 5.88. The minimum atomic E-state index is -0.250. The smallest absolute Gasteiger partial charge is 0.290 e. The van der Waals surface area contributed by atoms with Crippen LogP contribution in [0.15, 0.2) is 0 Å². The van der Waals surface area contributed by atoms with E-state index in [0.717, 1.165) is 19.1 Å². The Morgan fingerprint density at radius 1 is 1.29 bits per heavy atom. The maximum absolute atomic E-state index is 11.9. The molecule has 0 radical (unpaired) electrons. The summed E-state index contributed by atoms with van der Waals surface area (Å²) in [5, 5.41) is 9.98. The Balaban J connectivity index is 0.000000706. The molecule has 160 valence electrons. The molecule has 4 fully saturated rings. The first-order valence-electron chi connectivity index (χ1n) is 11.0. The third kappa shape index (κ3) is 4.69. The number of nitrogens with zero attached hydrogens (tertiary/aromatic N) is 1. The van der Waals surface area contributed by atoms with E-state index >= 15 is 0 Å². The minimum Gasteiger partial charge on any atom is -0.483 e. The van der Waals surface area contributed by atoms with Crippen LogP contribution in [0.3, 0.4) is 0 Å². The van der Waals surface area contributed by atoms with Crippen molar-refractivity contribution in [3.8, 4) is 0 Å². The Labute approximate surface area is 168 Å². The third-order valence-corrected chi connectivity index (χ3v) is 7.12. The summed E-state index contributed by atoms with van der Waals surface area (Å²) in [7, 11) is 0. The van der Waals surface area contributed by atoms with Gasteiger partial charge in [-0.3, -0.25) is 14.5 Å². The Hall–Kier alpha value is -1.18. The van der Waals surface area contributed by atoms with Gasteiger partial charge in [-0.2, -0.15) is 0 Å². The Morgan fingerprint density at radius 2 is 2.00 bits per heavy atom. The molecule has 0 aromatic heterocycles. The summed E-state index contributed by atoms with van der Waals surface area (Å²) in [5.74, 6) is 1.09. The van der Waals surface area contributed by atoms with E-state index in [-0.39, 0.29) is 24.6 Å². The zero-order valence-corrected chi connectivity index (χ0v) is 17.1. The maximum Gasteiger partial charge on any atom is 0.290 e. The summed E-state index contributed by atoms with van der Waals surface area (Å²) in [6, 6.07) is 0.762. The molecule has 0 aromatic carbocycles. The largest absolute Gasteiger partial charge is 0.483 e. The van der Waals surface area contributed by atoms with Gasteiger partial charge < -0.3 is 19.9 Å². The highest BCUT2D eigenvalue weighted by molar-refractivity contribution is 5.77. The Kier molecular flexibility index (Phi) is 7.71. The van der Waals surface area contributed by atoms with Crippen molar-refractivity contribution < 1.29 is 24.2 Å². The standard InChI is InChI=1S/C20H34N2O3.CH2O2/c1-2-24-13-19(23)21-11-16-17-12-22(15-7-5-3-4-6-8-15)14-20(17)10-9-18(16)25-20;2-1-3/h15-18H,2-14H2,1H3,(H,21,23);1H,(H,2,3)/t16-,17+,18+,20+;/m0./s1. The zero-order chi connectivity index (χ0) is 20.0. The van der Waals surface area contributed by atoms with Crippen molar-refractivity contribution in [1.82, 2.24) is 10.2 Å². The van der Waals surface area contributed by atoms with Gasteiger partial charge in [-0.1, -0.05) is 25.7 Å². The number of fused-ring (bicyclic) bond motifs is 1. The van der Waals surface area contributed by atoms with Crippen molar-refractivity contribution in [2.45, 2.75) is 76.0 Å². The van der Waals surface area contributed by atoms with Gasteiger partial charge in [0, 0.05) is 44.1 Å². The number of rotatable bonds is 6. The molecule has 1 spiro atoms. The lowest BCUT2D eigenvalue weighted by Crippen LogP contribution is -2.42. The predicted molar refractivity (Wildman–Crippen MR) is 105 cm³/mol. The van der Waals surface area contributed by atoms with Gasteiger partial charge in [-0.15, -0.1) is 0 Å². The molecular formula is C21H36N2O5. The highest BCUT2D eigenvalue weighted by Gasteiger charge is 2.63. The summed E-state index contributed by atoms with van der Waals surface area (Å²) < 4.78 is 11.8. The molecule has 4 rings (SSSR count). The number of carbonyl (C=O) groups is 2. The average molecular weight is 397 g/mol. The molecule has 28 heavy (non-hydrogen) atoms. The quantitative estimate of drug-likeness (QED) is 0.528. The molecule has 7 heteroatoms. The van der Waals surface area contributed by atoms with Gasteiger partial charge in [0.1, 0.15) is 6.61 Å². The molecule has 1 amide bonds. The summed E-state index contributed by atoms with van der Waals surface area (Å²) >= 11 is 0. The average Bonchev–Trinajstić information content (AvgIpc) is 3.26. The van der Waals surface area contributed by atoms with E-state index < -0.39 is 0 Å². The fourth-order valence-electron chi connectivity index (χ4n) is 5.88. The number of nitrogens with one attached hydrogen (secondary N) is 1. The molecular weight excluding hydrogens is 360 g/mol. The molecule has 4 atom stereocenters. The summed E-state index contributed by atoms with van der Waals surface area (Å²) in [6.07, 6.45) is 11.1. The van der Waals surface area contributed by atoms with Crippen LogP contribution < -0.4 is 5.32 Å². The van der Waals surface area contributed by atoms with Crippen LogP contribution in [0.5, 0.6) is 0 Å². The van der Waals surface area contributed by atoms with Crippen molar-refractivity contribution in [2.75, 3.05) is 32.8 Å². The first kappa shape index (κ1) is 21.5. The Morgan fingerprint density at radius 3 is 2.68 bits per heavy atom. The number of amides is 1. The van der Waals surface area contributed by atoms with Gasteiger partial charge in [0.05, 0.1) is 11.7 Å². The van der Waals surface area contributed by atoms with Crippen LogP contribution in [0, 0.1) is 11.8 Å². The van der Waals surface area contributed by atoms with Crippen LogP contribution >= 0.6 is 0 Å².